The van der Waals surface area contributed by atoms with Gasteiger partial charge in [-0.1, -0.05) is 24.3 Å². The number of aryl methyl sites for hydroxylation is 2. The van der Waals surface area contributed by atoms with Crippen LogP contribution in [0, 0.1) is 13.8 Å². The van der Waals surface area contributed by atoms with E-state index in [-0.39, 0.29) is 49.1 Å². The van der Waals surface area contributed by atoms with Crippen molar-refractivity contribution in [3.05, 3.63) is 81.5 Å². The number of nitrogens with one attached hydrogen (secondary N) is 2. The van der Waals surface area contributed by atoms with Crippen molar-refractivity contribution in [1.82, 2.24) is 0 Å². The van der Waals surface area contributed by atoms with Gasteiger partial charge in [0.05, 0.1) is 4.88 Å². The molecule has 33 heavy (non-hydrogen) atoms. The van der Waals surface area contributed by atoms with Crippen LogP contribution in [-0.2, 0) is 9.59 Å². The summed E-state index contributed by atoms with van der Waals surface area (Å²) in [6.07, 6.45) is 0.392. The van der Waals surface area contributed by atoms with Crippen molar-refractivity contribution in [1.29, 1.82) is 0 Å². The van der Waals surface area contributed by atoms with E-state index in [0.29, 0.717) is 21.8 Å². The normalized spacial score (nSPS) is 10.5. The van der Waals surface area contributed by atoms with Gasteiger partial charge in [-0.2, -0.15) is 0 Å². The molecule has 170 valence electrons. The van der Waals surface area contributed by atoms with E-state index in [2.05, 4.69) is 10.6 Å². The van der Waals surface area contributed by atoms with Crippen molar-refractivity contribution in [2.45, 2.75) is 39.5 Å². The molecular weight excluding hydrogens is 436 g/mol. The molecule has 0 atom stereocenters. The van der Waals surface area contributed by atoms with Gasteiger partial charge in [-0.25, -0.2) is 0 Å². The van der Waals surface area contributed by atoms with Crippen LogP contribution in [0.25, 0.3) is 0 Å². The molecule has 1 heterocycles. The van der Waals surface area contributed by atoms with Gasteiger partial charge in [-0.3, -0.25) is 19.2 Å². The first-order valence-corrected chi connectivity index (χ1v) is 11.5. The molecule has 7 heteroatoms. The lowest BCUT2D eigenvalue weighted by atomic mass is 10.1. The number of thiophene rings is 1. The summed E-state index contributed by atoms with van der Waals surface area (Å²) in [7, 11) is 0. The van der Waals surface area contributed by atoms with Gasteiger partial charge >= 0.3 is 0 Å². The summed E-state index contributed by atoms with van der Waals surface area (Å²) in [6.45, 7) is 3.78. The summed E-state index contributed by atoms with van der Waals surface area (Å²) >= 11 is 1.42. The largest absolute Gasteiger partial charge is 0.326 e. The standard InChI is InChI=1S/C26H26N2O4S/c1-17-8-10-20(27-26(32)19-6-4-3-5-7-19)16-22(17)28-25(31)15-12-21(29)11-13-23(30)24-14-9-18(2)33-24/h3-10,14,16H,11-13,15H2,1-2H3,(H,27,32)(H,28,31). The Morgan fingerprint density at radius 1 is 0.788 bits per heavy atom. The Labute approximate surface area is 197 Å². The lowest BCUT2D eigenvalue weighted by molar-refractivity contribution is -0.122. The van der Waals surface area contributed by atoms with Gasteiger partial charge in [-0.05, 0) is 55.8 Å². The highest BCUT2D eigenvalue weighted by atomic mass is 32.1. The van der Waals surface area contributed by atoms with Crippen molar-refractivity contribution < 1.29 is 19.2 Å². The Kier molecular flexibility index (Phi) is 8.27. The molecule has 0 aliphatic rings. The van der Waals surface area contributed by atoms with Crippen LogP contribution < -0.4 is 10.6 Å². The van der Waals surface area contributed by atoms with Gasteiger partial charge in [-0.15, -0.1) is 11.3 Å². The molecule has 0 fully saturated rings. The van der Waals surface area contributed by atoms with Crippen LogP contribution >= 0.6 is 11.3 Å². The number of benzene rings is 2. The second-order valence-electron chi connectivity index (χ2n) is 7.77. The first-order chi connectivity index (χ1) is 15.8. The smallest absolute Gasteiger partial charge is 0.255 e. The molecule has 2 aromatic carbocycles. The number of hydrogen-bond acceptors (Lipinski definition) is 5. The molecule has 0 saturated heterocycles. The van der Waals surface area contributed by atoms with Crippen LogP contribution in [0.2, 0.25) is 0 Å². The van der Waals surface area contributed by atoms with E-state index >= 15 is 0 Å². The van der Waals surface area contributed by atoms with E-state index in [1.54, 1.807) is 48.5 Å². The minimum absolute atomic E-state index is 0.0329. The average molecular weight is 463 g/mol. The number of carbonyl (C=O) groups is 4. The predicted octanol–water partition coefficient (Wildman–Crippen LogP) is 5.57. The van der Waals surface area contributed by atoms with Crippen molar-refractivity contribution in [2.75, 3.05) is 10.6 Å². The molecule has 2 amide bonds. The Morgan fingerprint density at radius 3 is 2.21 bits per heavy atom. The van der Waals surface area contributed by atoms with Crippen LogP contribution in [0.5, 0.6) is 0 Å². The third kappa shape index (κ3) is 7.22. The first-order valence-electron chi connectivity index (χ1n) is 10.7. The first kappa shape index (κ1) is 24.1. The summed E-state index contributed by atoms with van der Waals surface area (Å²) in [5.41, 5.74) is 2.50. The molecule has 2 N–H and O–H groups in total. The number of rotatable bonds is 10. The second-order valence-corrected chi connectivity index (χ2v) is 9.06. The number of ketones is 2. The number of anilines is 2. The average Bonchev–Trinajstić information content (AvgIpc) is 3.25. The molecule has 0 bridgehead atoms. The number of amides is 2. The van der Waals surface area contributed by atoms with Crippen LogP contribution in [0.1, 0.15) is 56.2 Å². The Balaban J connectivity index is 1.48. The zero-order chi connectivity index (χ0) is 23.8. The van der Waals surface area contributed by atoms with Gasteiger partial charge < -0.3 is 10.6 Å². The van der Waals surface area contributed by atoms with E-state index < -0.39 is 0 Å². The second kappa shape index (κ2) is 11.3. The fourth-order valence-corrected chi connectivity index (χ4v) is 4.01. The van der Waals surface area contributed by atoms with Crippen LogP contribution in [0.15, 0.2) is 60.7 Å². The zero-order valence-corrected chi connectivity index (χ0v) is 19.5. The topological polar surface area (TPSA) is 92.3 Å². The Bertz CT molecular complexity index is 1170. The minimum Gasteiger partial charge on any atom is -0.326 e. The maximum absolute atomic E-state index is 12.4. The summed E-state index contributed by atoms with van der Waals surface area (Å²) in [4.78, 5) is 50.7. The predicted molar refractivity (Wildman–Crippen MR) is 131 cm³/mol. The van der Waals surface area contributed by atoms with E-state index in [1.807, 2.05) is 26.0 Å². The molecule has 0 unspecified atom stereocenters. The lowest BCUT2D eigenvalue weighted by Gasteiger charge is -2.12. The summed E-state index contributed by atoms with van der Waals surface area (Å²) in [5.74, 6) is -0.698. The molecule has 3 rings (SSSR count). The number of carbonyl (C=O) groups excluding carboxylic acids is 4. The van der Waals surface area contributed by atoms with Gasteiger partial charge in [0.2, 0.25) is 5.91 Å². The SMILES string of the molecule is Cc1ccc(C(=O)CCC(=O)CCC(=O)Nc2cc(NC(=O)c3ccccc3)ccc2C)s1. The Hall–Kier alpha value is -3.58. The van der Waals surface area contributed by atoms with Gasteiger partial charge in [0, 0.05) is 47.5 Å². The highest BCUT2D eigenvalue weighted by Crippen LogP contribution is 2.22. The monoisotopic (exact) mass is 462 g/mol. The number of Topliss-reactive ketones (excluding diaryl/α,β-unsaturated/α-hetero) is 2. The van der Waals surface area contributed by atoms with E-state index in [9.17, 15) is 19.2 Å². The Morgan fingerprint density at radius 2 is 1.52 bits per heavy atom. The lowest BCUT2D eigenvalue weighted by Crippen LogP contribution is -2.15. The van der Waals surface area contributed by atoms with Gasteiger partial charge in [0.25, 0.3) is 5.91 Å². The highest BCUT2D eigenvalue weighted by molar-refractivity contribution is 7.14. The van der Waals surface area contributed by atoms with E-state index in [0.717, 1.165) is 10.4 Å². The molecule has 0 radical (unpaired) electrons. The van der Waals surface area contributed by atoms with E-state index in [4.69, 9.17) is 0 Å². The third-order valence-electron chi connectivity index (χ3n) is 5.08. The quantitative estimate of drug-likeness (QED) is 0.385. The van der Waals surface area contributed by atoms with Crippen LogP contribution in [0.3, 0.4) is 0 Å². The number of hydrogen-bond donors (Lipinski definition) is 2. The van der Waals surface area contributed by atoms with Crippen LogP contribution in [0.4, 0.5) is 11.4 Å². The van der Waals surface area contributed by atoms with Gasteiger partial charge in [0.1, 0.15) is 5.78 Å². The van der Waals surface area contributed by atoms with Crippen molar-refractivity contribution >= 4 is 46.1 Å². The summed E-state index contributed by atoms with van der Waals surface area (Å²) < 4.78 is 0. The fraction of sp³-hybridized carbons (Fsp3) is 0.231. The van der Waals surface area contributed by atoms with Gasteiger partial charge in [0.15, 0.2) is 5.78 Å². The molecule has 0 aliphatic carbocycles. The van der Waals surface area contributed by atoms with E-state index in [1.165, 1.54) is 11.3 Å². The van der Waals surface area contributed by atoms with Crippen LogP contribution in [-0.4, -0.2) is 23.4 Å². The molecule has 0 spiro atoms. The van der Waals surface area contributed by atoms with Crippen molar-refractivity contribution in [3.63, 3.8) is 0 Å². The maximum atomic E-state index is 12.4. The fourth-order valence-electron chi connectivity index (χ4n) is 3.18. The van der Waals surface area contributed by atoms with Crippen molar-refractivity contribution in [2.24, 2.45) is 0 Å². The van der Waals surface area contributed by atoms with Crippen molar-refractivity contribution in [3.8, 4) is 0 Å². The highest BCUT2D eigenvalue weighted by Gasteiger charge is 2.14. The molecular formula is C26H26N2O4S. The molecule has 3 aromatic rings. The minimum atomic E-state index is -0.293. The zero-order valence-electron chi connectivity index (χ0n) is 18.6. The molecule has 1 aromatic heterocycles. The molecule has 6 nitrogen and oxygen atoms in total. The molecule has 0 aliphatic heterocycles. The maximum Gasteiger partial charge on any atom is 0.255 e. The third-order valence-corrected chi connectivity index (χ3v) is 6.12. The summed E-state index contributed by atoms with van der Waals surface area (Å²) in [6, 6.07) is 17.8. The molecule has 0 saturated carbocycles. The summed E-state index contributed by atoms with van der Waals surface area (Å²) in [5, 5.41) is 5.62.